The van der Waals surface area contributed by atoms with Gasteiger partial charge < -0.3 is 4.57 Å². The minimum atomic E-state index is 0.000492. The standard InChI is InChI=1S/C27H32BrN5O/c1-30-23-13-7-6-12-22(23)29-25(30)14-8-9-20-15-17-32(18-16-20)19-24-26(28)27(34)33(31(24)2)21-10-4-3-5-11-21/h3-7,10-13,20H,8-9,14-19H2,1-2H3. The zero-order valence-corrected chi connectivity index (χ0v) is 21.5. The average molecular weight is 522 g/mol. The van der Waals surface area contributed by atoms with Gasteiger partial charge in [0.1, 0.15) is 10.3 Å². The van der Waals surface area contributed by atoms with Crippen LogP contribution in [0, 0.1) is 5.92 Å². The molecule has 0 bridgehead atoms. The maximum atomic E-state index is 12.9. The van der Waals surface area contributed by atoms with Gasteiger partial charge in [0.25, 0.3) is 5.56 Å². The molecule has 0 amide bonds. The molecule has 7 heteroatoms. The summed E-state index contributed by atoms with van der Waals surface area (Å²) in [7, 11) is 4.10. The molecule has 0 N–H and O–H groups in total. The summed E-state index contributed by atoms with van der Waals surface area (Å²) < 4.78 is 6.64. The second-order valence-electron chi connectivity index (χ2n) is 9.42. The Bertz CT molecular complexity index is 1330. The zero-order chi connectivity index (χ0) is 23.7. The predicted molar refractivity (Wildman–Crippen MR) is 140 cm³/mol. The van der Waals surface area contributed by atoms with Crippen molar-refractivity contribution < 1.29 is 0 Å². The van der Waals surface area contributed by atoms with Crippen molar-refractivity contribution in [2.75, 3.05) is 13.1 Å². The number of benzene rings is 2. The summed E-state index contributed by atoms with van der Waals surface area (Å²) in [6.07, 6.45) is 5.90. The topological polar surface area (TPSA) is 48.0 Å². The fraction of sp³-hybridized carbons (Fsp3) is 0.407. The van der Waals surface area contributed by atoms with Gasteiger partial charge in [-0.3, -0.25) is 14.4 Å². The van der Waals surface area contributed by atoms with E-state index in [0.717, 1.165) is 48.9 Å². The molecule has 0 aliphatic carbocycles. The third-order valence-electron chi connectivity index (χ3n) is 7.30. The first-order valence-electron chi connectivity index (χ1n) is 12.2. The quantitative estimate of drug-likeness (QED) is 0.341. The average Bonchev–Trinajstić information content (AvgIpc) is 3.29. The number of aromatic nitrogens is 4. The molecule has 1 saturated heterocycles. The van der Waals surface area contributed by atoms with Gasteiger partial charge in [-0.1, -0.05) is 30.3 Å². The number of likely N-dealkylation sites (tertiary alicyclic amines) is 1. The van der Waals surface area contributed by atoms with Crippen molar-refractivity contribution in [1.82, 2.24) is 23.8 Å². The van der Waals surface area contributed by atoms with Gasteiger partial charge in [0, 0.05) is 27.1 Å². The molecule has 0 saturated carbocycles. The number of rotatable bonds is 7. The van der Waals surface area contributed by atoms with E-state index in [1.54, 1.807) is 4.68 Å². The maximum absolute atomic E-state index is 12.9. The minimum absolute atomic E-state index is 0.000492. The van der Waals surface area contributed by atoms with Gasteiger partial charge in [-0.05, 0) is 84.9 Å². The number of hydrogen-bond acceptors (Lipinski definition) is 3. The first kappa shape index (κ1) is 23.1. The molecular weight excluding hydrogens is 490 g/mol. The van der Waals surface area contributed by atoms with Gasteiger partial charge in [-0.2, -0.15) is 0 Å². The van der Waals surface area contributed by atoms with E-state index in [4.69, 9.17) is 4.98 Å². The summed E-state index contributed by atoms with van der Waals surface area (Å²) in [4.78, 5) is 20.2. The molecule has 1 aliphatic heterocycles. The number of hydrogen-bond donors (Lipinski definition) is 0. The molecule has 0 unspecified atom stereocenters. The van der Waals surface area contributed by atoms with Crippen LogP contribution in [0.4, 0.5) is 0 Å². The fourth-order valence-electron chi connectivity index (χ4n) is 5.26. The van der Waals surface area contributed by atoms with Crippen LogP contribution < -0.4 is 5.56 Å². The molecule has 34 heavy (non-hydrogen) atoms. The summed E-state index contributed by atoms with van der Waals surface area (Å²) in [5.41, 5.74) is 4.23. The lowest BCUT2D eigenvalue weighted by Gasteiger charge is -2.32. The van der Waals surface area contributed by atoms with E-state index in [1.165, 1.54) is 37.0 Å². The van der Waals surface area contributed by atoms with Gasteiger partial charge in [-0.25, -0.2) is 9.67 Å². The summed E-state index contributed by atoms with van der Waals surface area (Å²) in [5.74, 6) is 1.96. The third kappa shape index (κ3) is 4.51. The highest BCUT2D eigenvalue weighted by Gasteiger charge is 2.23. The molecule has 6 nitrogen and oxygen atoms in total. The molecule has 0 spiro atoms. The van der Waals surface area contributed by atoms with E-state index in [1.807, 2.05) is 42.1 Å². The summed E-state index contributed by atoms with van der Waals surface area (Å²) in [6, 6.07) is 18.2. The second-order valence-corrected chi connectivity index (χ2v) is 10.2. The maximum Gasteiger partial charge on any atom is 0.286 e. The Kier molecular flexibility index (Phi) is 6.75. The summed E-state index contributed by atoms with van der Waals surface area (Å²) in [5, 5.41) is 0. The molecule has 5 rings (SSSR count). The van der Waals surface area contributed by atoms with Crippen LogP contribution in [0.2, 0.25) is 0 Å². The highest BCUT2D eigenvalue weighted by atomic mass is 79.9. The predicted octanol–water partition coefficient (Wildman–Crippen LogP) is 5.06. The molecule has 1 fully saturated rings. The van der Waals surface area contributed by atoms with Crippen molar-refractivity contribution in [2.45, 2.75) is 38.6 Å². The Hall–Kier alpha value is -2.64. The molecule has 2 aromatic carbocycles. The molecular formula is C27H32BrN5O. The number of piperidine rings is 1. The molecule has 3 heterocycles. The van der Waals surface area contributed by atoms with Crippen molar-refractivity contribution in [1.29, 1.82) is 0 Å². The number of fused-ring (bicyclic) bond motifs is 1. The third-order valence-corrected chi connectivity index (χ3v) is 8.09. The van der Waals surface area contributed by atoms with Gasteiger partial charge in [0.05, 0.1) is 22.4 Å². The second kappa shape index (κ2) is 9.92. The Morgan fingerprint density at radius 2 is 1.71 bits per heavy atom. The van der Waals surface area contributed by atoms with Crippen molar-refractivity contribution in [2.24, 2.45) is 20.0 Å². The van der Waals surface area contributed by atoms with Crippen LogP contribution >= 0.6 is 15.9 Å². The Morgan fingerprint density at radius 3 is 2.44 bits per heavy atom. The number of imidazole rings is 1. The van der Waals surface area contributed by atoms with Gasteiger partial charge in [-0.15, -0.1) is 0 Å². The van der Waals surface area contributed by atoms with Crippen LogP contribution in [-0.4, -0.2) is 36.9 Å². The SMILES string of the molecule is Cn1c(CCCC2CCN(Cc3c(Br)c(=O)n(-c4ccccc4)n3C)CC2)nc2ccccc21. The lowest BCUT2D eigenvalue weighted by Crippen LogP contribution is -2.34. The lowest BCUT2D eigenvalue weighted by molar-refractivity contribution is 0.167. The minimum Gasteiger partial charge on any atom is -0.331 e. The van der Waals surface area contributed by atoms with E-state index in [-0.39, 0.29) is 5.56 Å². The molecule has 2 aromatic heterocycles. The lowest BCUT2D eigenvalue weighted by atomic mass is 9.91. The van der Waals surface area contributed by atoms with Crippen LogP contribution in [-0.2, 0) is 27.1 Å². The first-order chi connectivity index (χ1) is 16.5. The number of aryl methyl sites for hydroxylation is 2. The summed E-state index contributed by atoms with van der Waals surface area (Å²) >= 11 is 3.57. The Labute approximate surface area is 208 Å². The highest BCUT2D eigenvalue weighted by Crippen LogP contribution is 2.26. The normalized spacial score (nSPS) is 15.4. The highest BCUT2D eigenvalue weighted by molar-refractivity contribution is 9.10. The molecule has 178 valence electrons. The van der Waals surface area contributed by atoms with Crippen molar-refractivity contribution in [3.05, 3.63) is 80.9 Å². The van der Waals surface area contributed by atoms with Crippen LogP contribution in [0.5, 0.6) is 0 Å². The van der Waals surface area contributed by atoms with Crippen molar-refractivity contribution in [3.63, 3.8) is 0 Å². The number of halogens is 1. The molecule has 4 aromatic rings. The van der Waals surface area contributed by atoms with Crippen LogP contribution in [0.25, 0.3) is 16.7 Å². The van der Waals surface area contributed by atoms with Crippen LogP contribution in [0.3, 0.4) is 0 Å². The largest absolute Gasteiger partial charge is 0.331 e. The van der Waals surface area contributed by atoms with Crippen LogP contribution in [0.15, 0.2) is 63.9 Å². The Morgan fingerprint density at radius 1 is 1.00 bits per heavy atom. The zero-order valence-electron chi connectivity index (χ0n) is 20.0. The monoisotopic (exact) mass is 521 g/mol. The number of para-hydroxylation sites is 3. The van der Waals surface area contributed by atoms with Gasteiger partial charge in [0.2, 0.25) is 0 Å². The summed E-state index contributed by atoms with van der Waals surface area (Å²) in [6.45, 7) is 2.95. The van der Waals surface area contributed by atoms with E-state index in [0.29, 0.717) is 4.47 Å². The molecule has 0 radical (unpaired) electrons. The van der Waals surface area contributed by atoms with E-state index >= 15 is 0 Å². The Balaban J connectivity index is 1.15. The number of nitrogens with zero attached hydrogens (tertiary/aromatic N) is 5. The first-order valence-corrected chi connectivity index (χ1v) is 13.0. The van der Waals surface area contributed by atoms with Crippen molar-refractivity contribution in [3.8, 4) is 5.69 Å². The van der Waals surface area contributed by atoms with E-state index < -0.39 is 0 Å². The van der Waals surface area contributed by atoms with E-state index in [9.17, 15) is 4.79 Å². The molecule has 1 aliphatic rings. The van der Waals surface area contributed by atoms with Gasteiger partial charge in [0.15, 0.2) is 0 Å². The fourth-order valence-corrected chi connectivity index (χ4v) is 5.81. The van der Waals surface area contributed by atoms with E-state index in [2.05, 4.69) is 56.7 Å². The van der Waals surface area contributed by atoms with Gasteiger partial charge >= 0.3 is 0 Å². The van der Waals surface area contributed by atoms with Crippen LogP contribution in [0.1, 0.15) is 37.2 Å². The van der Waals surface area contributed by atoms with Crippen molar-refractivity contribution >= 4 is 27.0 Å². The smallest absolute Gasteiger partial charge is 0.286 e. The molecule has 0 atom stereocenters.